The van der Waals surface area contributed by atoms with Crippen LogP contribution in [0.1, 0.15) is 23.7 Å². The molecule has 7 heteroatoms. The van der Waals surface area contributed by atoms with Crippen LogP contribution in [0.3, 0.4) is 0 Å². The fourth-order valence-electron chi connectivity index (χ4n) is 3.07. The van der Waals surface area contributed by atoms with Crippen LogP contribution in [0.5, 0.6) is 0 Å². The van der Waals surface area contributed by atoms with E-state index in [-0.39, 0.29) is 24.8 Å². The Hall–Kier alpha value is -3.09. The first-order chi connectivity index (χ1) is 12.5. The van der Waals surface area contributed by atoms with Gasteiger partial charge in [-0.1, -0.05) is 30.3 Å². The number of carbonyl (C=O) groups excluding carboxylic acids is 2. The van der Waals surface area contributed by atoms with Crippen molar-refractivity contribution >= 4 is 17.8 Å². The predicted octanol–water partition coefficient (Wildman–Crippen LogP) is 1.61. The lowest BCUT2D eigenvalue weighted by Gasteiger charge is -2.17. The number of carboxylic acid groups (broad SMARTS) is 1. The van der Waals surface area contributed by atoms with Crippen LogP contribution >= 0.6 is 0 Å². The van der Waals surface area contributed by atoms with Crippen LogP contribution < -0.4 is 5.32 Å². The molecule has 0 aliphatic carbocycles. The second-order valence-electron chi connectivity index (χ2n) is 6.30. The molecule has 1 aromatic heterocycles. The number of hydrogen-bond donors (Lipinski definition) is 2. The van der Waals surface area contributed by atoms with Crippen molar-refractivity contribution in [3.05, 3.63) is 60.1 Å². The topological polar surface area (TPSA) is 99.8 Å². The molecule has 1 saturated heterocycles. The summed E-state index contributed by atoms with van der Waals surface area (Å²) in [6.45, 7) is 0.618. The molecule has 3 rings (SSSR count). The third kappa shape index (κ3) is 4.11. The first-order valence-corrected chi connectivity index (χ1v) is 8.40. The van der Waals surface area contributed by atoms with Crippen molar-refractivity contribution in [1.82, 2.24) is 10.2 Å². The van der Waals surface area contributed by atoms with Gasteiger partial charge in [-0.25, -0.2) is 0 Å². The lowest BCUT2D eigenvalue weighted by Crippen LogP contribution is -2.37. The summed E-state index contributed by atoms with van der Waals surface area (Å²) in [6, 6.07) is 12.3. The summed E-state index contributed by atoms with van der Waals surface area (Å²) in [5, 5.41) is 12.1. The van der Waals surface area contributed by atoms with Crippen molar-refractivity contribution in [3.63, 3.8) is 0 Å². The van der Waals surface area contributed by atoms with Crippen molar-refractivity contribution in [2.75, 3.05) is 13.1 Å². The third-order valence-corrected chi connectivity index (χ3v) is 4.49. The molecule has 26 heavy (non-hydrogen) atoms. The molecule has 1 aromatic carbocycles. The zero-order valence-corrected chi connectivity index (χ0v) is 14.1. The normalized spacial score (nSPS) is 17.9. The quantitative estimate of drug-likeness (QED) is 0.785. The molecule has 1 aliphatic heterocycles. The maximum Gasteiger partial charge on any atom is 0.312 e. The van der Waals surface area contributed by atoms with Gasteiger partial charge in [0.15, 0.2) is 0 Å². The van der Waals surface area contributed by atoms with E-state index >= 15 is 0 Å². The van der Waals surface area contributed by atoms with Gasteiger partial charge in [-0.05, 0) is 17.7 Å². The molecule has 1 fully saturated rings. The standard InChI is InChI=1S/C19H20N2O5/c22-17-9-14(11-21(17)12-15-7-4-8-26-15)18(23)20-10-16(19(24)25)13-5-2-1-3-6-13/h1-8,14,16H,9-12H2,(H,20,23)(H,24,25). The zero-order valence-electron chi connectivity index (χ0n) is 14.1. The molecule has 0 saturated carbocycles. The summed E-state index contributed by atoms with van der Waals surface area (Å²) < 4.78 is 5.23. The lowest BCUT2D eigenvalue weighted by atomic mass is 9.99. The molecule has 2 amide bonds. The van der Waals surface area contributed by atoms with E-state index in [9.17, 15) is 19.5 Å². The maximum absolute atomic E-state index is 12.4. The number of hydrogen-bond acceptors (Lipinski definition) is 4. The number of carboxylic acids is 1. The molecule has 0 spiro atoms. The number of rotatable bonds is 7. The van der Waals surface area contributed by atoms with Crippen LogP contribution in [-0.2, 0) is 20.9 Å². The minimum Gasteiger partial charge on any atom is -0.481 e. The number of likely N-dealkylation sites (tertiary alicyclic amines) is 1. The number of carbonyl (C=O) groups is 3. The van der Waals surface area contributed by atoms with Gasteiger partial charge in [-0.15, -0.1) is 0 Å². The van der Waals surface area contributed by atoms with Gasteiger partial charge >= 0.3 is 5.97 Å². The largest absolute Gasteiger partial charge is 0.481 e. The molecule has 2 unspecified atom stereocenters. The second kappa shape index (κ2) is 7.86. The highest BCUT2D eigenvalue weighted by molar-refractivity contribution is 5.89. The Morgan fingerprint density at radius 2 is 2.00 bits per heavy atom. The van der Waals surface area contributed by atoms with Gasteiger partial charge in [-0.3, -0.25) is 14.4 Å². The molecule has 7 nitrogen and oxygen atoms in total. The van der Waals surface area contributed by atoms with Crippen LogP contribution in [0, 0.1) is 5.92 Å². The van der Waals surface area contributed by atoms with Gasteiger partial charge in [0.05, 0.1) is 24.6 Å². The number of amides is 2. The number of aliphatic carboxylic acids is 1. The van der Waals surface area contributed by atoms with E-state index in [1.807, 2.05) is 0 Å². The maximum atomic E-state index is 12.4. The Kier molecular flexibility index (Phi) is 5.36. The molecular formula is C19H20N2O5. The van der Waals surface area contributed by atoms with E-state index in [1.54, 1.807) is 47.4 Å². The SMILES string of the molecule is O=C(NCC(C(=O)O)c1ccccc1)C1CC(=O)N(Cc2ccco2)C1. The summed E-state index contributed by atoms with van der Waals surface area (Å²) in [6.07, 6.45) is 1.66. The minimum atomic E-state index is -1.00. The van der Waals surface area contributed by atoms with Crippen LogP contribution in [0.15, 0.2) is 53.1 Å². The first kappa shape index (κ1) is 17.7. The van der Waals surface area contributed by atoms with Crippen LogP contribution in [0.4, 0.5) is 0 Å². The van der Waals surface area contributed by atoms with E-state index in [1.165, 1.54) is 6.26 Å². The average Bonchev–Trinajstić information content (AvgIpc) is 3.26. The van der Waals surface area contributed by atoms with E-state index < -0.39 is 17.8 Å². The van der Waals surface area contributed by atoms with Gasteiger partial charge in [0.25, 0.3) is 0 Å². The summed E-state index contributed by atoms with van der Waals surface area (Å²) >= 11 is 0. The van der Waals surface area contributed by atoms with Crippen molar-refractivity contribution in [3.8, 4) is 0 Å². The van der Waals surface area contributed by atoms with Crippen molar-refractivity contribution in [1.29, 1.82) is 0 Å². The molecule has 2 aromatic rings. The van der Waals surface area contributed by atoms with E-state index in [0.29, 0.717) is 24.4 Å². The van der Waals surface area contributed by atoms with Gasteiger partial charge in [0.1, 0.15) is 5.76 Å². The summed E-state index contributed by atoms with van der Waals surface area (Å²) in [4.78, 5) is 37.6. The molecule has 1 aliphatic rings. The minimum absolute atomic E-state index is 0.0128. The second-order valence-corrected chi connectivity index (χ2v) is 6.30. The summed E-state index contributed by atoms with van der Waals surface area (Å²) in [5.74, 6) is -2.06. The van der Waals surface area contributed by atoms with Crippen LogP contribution in [0.25, 0.3) is 0 Å². The molecule has 2 N–H and O–H groups in total. The number of nitrogens with one attached hydrogen (secondary N) is 1. The fraction of sp³-hybridized carbons (Fsp3) is 0.316. The first-order valence-electron chi connectivity index (χ1n) is 8.40. The summed E-state index contributed by atoms with van der Waals surface area (Å²) in [7, 11) is 0. The predicted molar refractivity (Wildman–Crippen MR) is 92.1 cm³/mol. The average molecular weight is 356 g/mol. The number of benzene rings is 1. The Bertz CT molecular complexity index is 772. The van der Waals surface area contributed by atoms with E-state index in [4.69, 9.17) is 4.42 Å². The van der Waals surface area contributed by atoms with Crippen LogP contribution in [0.2, 0.25) is 0 Å². The number of furan rings is 1. The Morgan fingerprint density at radius 3 is 2.65 bits per heavy atom. The van der Waals surface area contributed by atoms with Crippen molar-refractivity contribution < 1.29 is 23.9 Å². The van der Waals surface area contributed by atoms with Gasteiger partial charge in [0.2, 0.25) is 11.8 Å². The highest BCUT2D eigenvalue weighted by atomic mass is 16.4. The molecule has 2 atom stereocenters. The van der Waals surface area contributed by atoms with Crippen molar-refractivity contribution in [2.45, 2.75) is 18.9 Å². The third-order valence-electron chi connectivity index (χ3n) is 4.49. The zero-order chi connectivity index (χ0) is 18.5. The van der Waals surface area contributed by atoms with E-state index in [2.05, 4.69) is 5.32 Å². The highest BCUT2D eigenvalue weighted by Gasteiger charge is 2.35. The fourth-order valence-corrected chi connectivity index (χ4v) is 3.07. The molecule has 136 valence electrons. The molecule has 2 heterocycles. The van der Waals surface area contributed by atoms with Gasteiger partial charge < -0.3 is 19.7 Å². The smallest absolute Gasteiger partial charge is 0.312 e. The van der Waals surface area contributed by atoms with Gasteiger partial charge in [0, 0.05) is 19.5 Å². The number of nitrogens with zero attached hydrogens (tertiary/aromatic N) is 1. The summed E-state index contributed by atoms with van der Waals surface area (Å²) in [5.41, 5.74) is 0.627. The molecule has 0 bridgehead atoms. The van der Waals surface area contributed by atoms with Gasteiger partial charge in [-0.2, -0.15) is 0 Å². The lowest BCUT2D eigenvalue weighted by molar-refractivity contribution is -0.139. The molecular weight excluding hydrogens is 336 g/mol. The Morgan fingerprint density at radius 1 is 1.23 bits per heavy atom. The monoisotopic (exact) mass is 356 g/mol. The Labute approximate surface area is 150 Å². The molecule has 0 radical (unpaired) electrons. The van der Waals surface area contributed by atoms with Crippen LogP contribution in [-0.4, -0.2) is 40.9 Å². The van der Waals surface area contributed by atoms with Crippen molar-refractivity contribution in [2.24, 2.45) is 5.92 Å². The Balaban J connectivity index is 1.56. The highest BCUT2D eigenvalue weighted by Crippen LogP contribution is 2.21. The van der Waals surface area contributed by atoms with E-state index in [0.717, 1.165) is 0 Å².